The normalized spacial score (nSPS) is 13.6. The summed E-state index contributed by atoms with van der Waals surface area (Å²) in [5.74, 6) is 0.911. The predicted molar refractivity (Wildman–Crippen MR) is 48.7 cm³/mol. The highest BCUT2D eigenvalue weighted by Gasteiger charge is 1.96. The van der Waals surface area contributed by atoms with Crippen molar-refractivity contribution in [1.82, 2.24) is 0 Å². The maximum absolute atomic E-state index is 5.12. The Bertz CT molecular complexity index is 436. The van der Waals surface area contributed by atoms with E-state index >= 15 is 0 Å². The molecule has 0 saturated heterocycles. The van der Waals surface area contributed by atoms with Crippen LogP contribution in [0.5, 0.6) is 0 Å². The van der Waals surface area contributed by atoms with E-state index in [1.807, 2.05) is 18.2 Å². The lowest BCUT2D eigenvalue weighted by atomic mass is 10.1. The fraction of sp³-hybridized carbons (Fsp3) is 0.182. The molecule has 0 heterocycles. The summed E-state index contributed by atoms with van der Waals surface area (Å²) in [5.41, 5.74) is 3.21. The van der Waals surface area contributed by atoms with Crippen molar-refractivity contribution < 1.29 is 4.74 Å². The van der Waals surface area contributed by atoms with Gasteiger partial charge in [0.25, 0.3) is 0 Å². The Morgan fingerprint density at radius 3 is 3.00 bits per heavy atom. The molecule has 0 aromatic heterocycles. The van der Waals surface area contributed by atoms with Crippen LogP contribution in [0, 0.1) is 0 Å². The second-order valence-electron chi connectivity index (χ2n) is 2.75. The van der Waals surface area contributed by atoms with E-state index in [1.165, 1.54) is 5.22 Å². The lowest BCUT2D eigenvalue weighted by molar-refractivity contribution is 0.291. The van der Waals surface area contributed by atoms with E-state index in [9.17, 15) is 0 Å². The Morgan fingerprint density at radius 1 is 1.33 bits per heavy atom. The maximum atomic E-state index is 5.12. The lowest BCUT2D eigenvalue weighted by Gasteiger charge is -2.01. The Hall–Kier alpha value is -1.46. The first kappa shape index (κ1) is 7.20. The van der Waals surface area contributed by atoms with Gasteiger partial charge in [0.05, 0.1) is 7.11 Å². The number of methoxy groups -OCH3 is 1. The van der Waals surface area contributed by atoms with Gasteiger partial charge in [0, 0.05) is 11.6 Å². The van der Waals surface area contributed by atoms with Crippen molar-refractivity contribution in [2.45, 2.75) is 6.42 Å². The monoisotopic (exact) mass is 158 g/mol. The van der Waals surface area contributed by atoms with Gasteiger partial charge in [-0.25, -0.2) is 0 Å². The summed E-state index contributed by atoms with van der Waals surface area (Å²) in [4.78, 5) is 0. The number of rotatable bonds is 1. The van der Waals surface area contributed by atoms with Crippen LogP contribution >= 0.6 is 0 Å². The highest BCUT2D eigenvalue weighted by atomic mass is 16.5. The Morgan fingerprint density at radius 2 is 2.17 bits per heavy atom. The van der Waals surface area contributed by atoms with E-state index in [0.717, 1.165) is 17.4 Å². The van der Waals surface area contributed by atoms with Crippen LogP contribution in [0.4, 0.5) is 0 Å². The van der Waals surface area contributed by atoms with Crippen LogP contribution in [0.2, 0.25) is 0 Å². The smallest absolute Gasteiger partial charge is 0.142 e. The minimum absolute atomic E-state index is 0.855. The van der Waals surface area contributed by atoms with Crippen LogP contribution in [0.15, 0.2) is 30.0 Å². The molecule has 12 heavy (non-hydrogen) atoms. The van der Waals surface area contributed by atoms with Crippen LogP contribution in [0.3, 0.4) is 0 Å². The first-order chi connectivity index (χ1) is 5.90. The van der Waals surface area contributed by atoms with Crippen molar-refractivity contribution in [2.75, 3.05) is 7.11 Å². The van der Waals surface area contributed by atoms with E-state index in [1.54, 1.807) is 7.11 Å². The summed E-state index contributed by atoms with van der Waals surface area (Å²) in [5, 5.41) is 2.37. The summed E-state index contributed by atoms with van der Waals surface area (Å²) in [6.07, 6.45) is 3.01. The molecule has 1 aliphatic carbocycles. The zero-order valence-electron chi connectivity index (χ0n) is 7.00. The summed E-state index contributed by atoms with van der Waals surface area (Å²) in [6.45, 7) is 0. The van der Waals surface area contributed by atoms with Crippen molar-refractivity contribution in [3.63, 3.8) is 0 Å². The molecular formula is C11H10O. The van der Waals surface area contributed by atoms with Gasteiger partial charge in [-0.1, -0.05) is 30.0 Å². The van der Waals surface area contributed by atoms with Crippen molar-refractivity contribution in [3.8, 4) is 0 Å². The molecule has 0 aliphatic heterocycles. The zero-order chi connectivity index (χ0) is 8.39. The van der Waals surface area contributed by atoms with Crippen LogP contribution in [0.1, 0.15) is 6.42 Å². The number of benzene rings is 1. The number of fused-ring (bicyclic) bond motifs is 1. The topological polar surface area (TPSA) is 9.23 Å². The van der Waals surface area contributed by atoms with Crippen molar-refractivity contribution >= 4 is 11.8 Å². The second-order valence-corrected chi connectivity index (χ2v) is 2.75. The minimum Gasteiger partial charge on any atom is -0.493 e. The van der Waals surface area contributed by atoms with Crippen LogP contribution < -0.4 is 10.4 Å². The molecule has 1 heteroatoms. The van der Waals surface area contributed by atoms with Crippen molar-refractivity contribution in [1.29, 1.82) is 0 Å². The Labute approximate surface area is 71.3 Å². The fourth-order valence-corrected chi connectivity index (χ4v) is 1.33. The molecule has 0 unspecified atom stereocenters. The molecule has 0 radical (unpaired) electrons. The molecule has 0 fully saturated rings. The van der Waals surface area contributed by atoms with E-state index in [-0.39, 0.29) is 0 Å². The number of hydrogen-bond acceptors (Lipinski definition) is 1. The molecule has 60 valence electrons. The highest BCUT2D eigenvalue weighted by Crippen LogP contribution is 2.01. The highest BCUT2D eigenvalue weighted by molar-refractivity contribution is 5.41. The molecule has 1 aromatic rings. The summed E-state index contributed by atoms with van der Waals surface area (Å²) >= 11 is 0. The molecule has 1 aromatic carbocycles. The molecule has 0 spiro atoms. The summed E-state index contributed by atoms with van der Waals surface area (Å²) < 4.78 is 5.12. The average molecular weight is 158 g/mol. The largest absolute Gasteiger partial charge is 0.493 e. The van der Waals surface area contributed by atoms with Crippen LogP contribution in [-0.2, 0) is 4.74 Å². The zero-order valence-corrected chi connectivity index (χ0v) is 7.00. The first-order valence-corrected chi connectivity index (χ1v) is 3.99. The fourth-order valence-electron chi connectivity index (χ4n) is 1.33. The van der Waals surface area contributed by atoms with Gasteiger partial charge >= 0.3 is 0 Å². The summed E-state index contributed by atoms with van der Waals surface area (Å²) in [6, 6.07) is 8.19. The molecule has 1 aliphatic rings. The third-order valence-electron chi connectivity index (χ3n) is 1.99. The molecule has 0 bridgehead atoms. The Balaban J connectivity index is 2.79. The molecular weight excluding hydrogens is 148 g/mol. The molecule has 0 atom stereocenters. The molecule has 0 saturated carbocycles. The molecule has 2 rings (SSSR count). The van der Waals surface area contributed by atoms with Crippen molar-refractivity contribution in [2.24, 2.45) is 0 Å². The van der Waals surface area contributed by atoms with Gasteiger partial charge in [-0.05, 0) is 11.3 Å². The third kappa shape index (κ3) is 1.15. The molecule has 1 nitrogen and oxygen atoms in total. The van der Waals surface area contributed by atoms with E-state index < -0.39 is 0 Å². The average Bonchev–Trinajstić information content (AvgIpc) is 2.17. The molecule has 0 amide bonds. The lowest BCUT2D eigenvalue weighted by Crippen LogP contribution is -2.24. The Kier molecular flexibility index (Phi) is 1.73. The first-order valence-electron chi connectivity index (χ1n) is 3.99. The van der Waals surface area contributed by atoms with E-state index in [4.69, 9.17) is 4.74 Å². The second kappa shape index (κ2) is 2.88. The maximum Gasteiger partial charge on any atom is 0.142 e. The van der Waals surface area contributed by atoms with Crippen molar-refractivity contribution in [3.05, 3.63) is 40.5 Å². The number of hydrogen-bond donors (Lipinski definition) is 0. The van der Waals surface area contributed by atoms with E-state index in [2.05, 4.69) is 17.9 Å². The summed E-state index contributed by atoms with van der Waals surface area (Å²) in [7, 11) is 1.68. The molecule has 0 N–H and O–H groups in total. The SMILES string of the molecule is COC1=C=c2ccccc2=CC1. The van der Waals surface area contributed by atoms with Gasteiger partial charge in [0.1, 0.15) is 5.76 Å². The number of ether oxygens (including phenoxy) is 1. The quantitative estimate of drug-likeness (QED) is 0.587. The number of allylic oxidation sites excluding steroid dienone is 1. The van der Waals surface area contributed by atoms with Gasteiger partial charge < -0.3 is 4.74 Å². The van der Waals surface area contributed by atoms with Crippen LogP contribution in [0.25, 0.3) is 11.8 Å². The van der Waals surface area contributed by atoms with Gasteiger partial charge in [-0.15, -0.1) is 0 Å². The standard InChI is InChI=1S/C11H10O/c1-12-11-7-6-9-4-2-3-5-10(9)8-11/h2-6H,7H2,1H3. The van der Waals surface area contributed by atoms with Gasteiger partial charge in [-0.3, -0.25) is 0 Å². The predicted octanol–water partition coefficient (Wildman–Crippen LogP) is 0.781. The van der Waals surface area contributed by atoms with Crippen LogP contribution in [-0.4, -0.2) is 7.11 Å². The van der Waals surface area contributed by atoms with E-state index in [0.29, 0.717) is 0 Å². The van der Waals surface area contributed by atoms with Gasteiger partial charge in [-0.2, -0.15) is 0 Å². The van der Waals surface area contributed by atoms with Gasteiger partial charge in [0.2, 0.25) is 0 Å². The third-order valence-corrected chi connectivity index (χ3v) is 1.99. The minimum atomic E-state index is 0.855. The van der Waals surface area contributed by atoms with Gasteiger partial charge in [0.15, 0.2) is 0 Å².